The zero-order chi connectivity index (χ0) is 41.2. The number of piperidine rings is 3. The average Bonchev–Trinajstić information content (AvgIpc) is 3.49. The van der Waals surface area contributed by atoms with E-state index in [1.807, 2.05) is 30.3 Å². The predicted octanol–water partition coefficient (Wildman–Crippen LogP) is 5.87. The molecule has 0 aliphatic carbocycles. The van der Waals surface area contributed by atoms with Crippen LogP contribution in [0.4, 0.5) is 34.5 Å². The van der Waals surface area contributed by atoms with Gasteiger partial charge in [-0.15, -0.1) is 0 Å². The van der Waals surface area contributed by atoms with Crippen LogP contribution in [0.1, 0.15) is 59.2 Å². The monoisotopic (exact) mass is 837 g/mol. The molecule has 3 fully saturated rings. The molecule has 4 N–H and O–H groups in total. The van der Waals surface area contributed by atoms with Crippen LogP contribution in [0.5, 0.6) is 5.75 Å². The van der Waals surface area contributed by atoms with Crippen molar-refractivity contribution in [1.82, 2.24) is 25.5 Å². The standard InChI is InChI=1S/C43H49ClN9O5P/c1-58-36-22-29(11-13-33(36)48-43-46-24-32(44)39(50-43)47-34-8-4-5-9-37(34)59(2)3)51-19-16-26(17-20-51)23-45-27-7-6-18-52(25-27)28-10-12-30-31(21-28)42(57)53(41(30)56)35-14-15-38(54)49-40(35)55/h4-5,8-13,21-22,24,26-27,35,45H,6-7,14-20,23,25H2,1-3H3,(H,49,54,55)(H2,46,47,48,50)/t27-,35?/m1/s1. The smallest absolute Gasteiger partial charge is 0.262 e. The van der Waals surface area contributed by atoms with Crippen molar-refractivity contribution in [2.75, 3.05) is 73.6 Å². The van der Waals surface area contributed by atoms with Gasteiger partial charge in [0, 0.05) is 61.8 Å². The lowest BCUT2D eigenvalue weighted by atomic mass is 9.95. The summed E-state index contributed by atoms with van der Waals surface area (Å²) in [5.74, 6) is 0.211. The third kappa shape index (κ3) is 8.71. The van der Waals surface area contributed by atoms with Gasteiger partial charge in [0.15, 0.2) is 5.82 Å². The number of para-hydroxylation sites is 1. The molecule has 5 heterocycles. The fourth-order valence-corrected chi connectivity index (χ4v) is 9.61. The first-order chi connectivity index (χ1) is 28.6. The van der Waals surface area contributed by atoms with Crippen LogP contribution < -0.4 is 41.1 Å². The van der Waals surface area contributed by atoms with Crippen LogP contribution in [-0.4, -0.2) is 104 Å². The molecule has 4 aliphatic rings. The summed E-state index contributed by atoms with van der Waals surface area (Å²) in [6, 6.07) is 19.0. The normalized spacial score (nSPS) is 19.9. The molecule has 16 heteroatoms. The number of nitrogens with one attached hydrogen (secondary N) is 4. The number of ether oxygens (including phenoxy) is 1. The van der Waals surface area contributed by atoms with E-state index in [0.29, 0.717) is 45.6 Å². The minimum absolute atomic E-state index is 0.0931. The lowest BCUT2D eigenvalue weighted by Gasteiger charge is -2.37. The molecule has 4 aliphatic heterocycles. The molecule has 308 valence electrons. The Morgan fingerprint density at radius 3 is 2.41 bits per heavy atom. The molecule has 59 heavy (non-hydrogen) atoms. The first-order valence-corrected chi connectivity index (χ1v) is 22.8. The number of fused-ring (bicyclic) bond motifs is 1. The fourth-order valence-electron chi connectivity index (χ4n) is 8.47. The first kappa shape index (κ1) is 40.5. The van der Waals surface area contributed by atoms with Crippen LogP contribution in [0, 0.1) is 5.92 Å². The first-order valence-electron chi connectivity index (χ1n) is 20.2. The lowest BCUT2D eigenvalue weighted by molar-refractivity contribution is -0.136. The largest absolute Gasteiger partial charge is 0.494 e. The molecule has 0 saturated carbocycles. The number of amides is 4. The summed E-state index contributed by atoms with van der Waals surface area (Å²) in [5, 5.41) is 14.5. The van der Waals surface area contributed by atoms with Crippen molar-refractivity contribution in [2.24, 2.45) is 5.92 Å². The molecule has 8 rings (SSSR count). The number of aromatic nitrogens is 2. The van der Waals surface area contributed by atoms with Gasteiger partial charge in [-0.25, -0.2) is 4.98 Å². The Kier molecular flexibility index (Phi) is 12.0. The van der Waals surface area contributed by atoms with E-state index in [-0.39, 0.29) is 26.7 Å². The number of carbonyl (C=O) groups excluding carboxylic acids is 4. The Hall–Kier alpha value is -5.30. The number of anilines is 6. The van der Waals surface area contributed by atoms with E-state index in [9.17, 15) is 19.2 Å². The van der Waals surface area contributed by atoms with Gasteiger partial charge in [0.2, 0.25) is 17.8 Å². The molecule has 4 aromatic rings. The number of nitrogens with zero attached hydrogens (tertiary/aromatic N) is 5. The van der Waals surface area contributed by atoms with Crippen LogP contribution in [0.25, 0.3) is 0 Å². The second kappa shape index (κ2) is 17.5. The van der Waals surface area contributed by atoms with E-state index in [0.717, 1.165) is 86.1 Å². The Balaban J connectivity index is 0.835. The van der Waals surface area contributed by atoms with E-state index < -0.39 is 23.8 Å². The molecule has 4 amide bonds. The van der Waals surface area contributed by atoms with Gasteiger partial charge < -0.3 is 30.5 Å². The van der Waals surface area contributed by atoms with Crippen molar-refractivity contribution < 1.29 is 23.9 Å². The Morgan fingerprint density at radius 2 is 1.63 bits per heavy atom. The molecule has 14 nitrogen and oxygen atoms in total. The predicted molar refractivity (Wildman–Crippen MR) is 233 cm³/mol. The number of halogens is 1. The molecule has 1 aromatic heterocycles. The van der Waals surface area contributed by atoms with Crippen LogP contribution in [-0.2, 0) is 9.59 Å². The molecule has 3 saturated heterocycles. The van der Waals surface area contributed by atoms with E-state index in [1.165, 1.54) is 5.30 Å². The number of rotatable bonds is 12. The summed E-state index contributed by atoms with van der Waals surface area (Å²) < 4.78 is 5.82. The highest BCUT2D eigenvalue weighted by atomic mass is 35.5. The zero-order valence-electron chi connectivity index (χ0n) is 33.5. The van der Waals surface area contributed by atoms with Crippen LogP contribution in [0.2, 0.25) is 5.02 Å². The highest BCUT2D eigenvalue weighted by molar-refractivity contribution is 7.64. The van der Waals surface area contributed by atoms with Crippen molar-refractivity contribution in [3.63, 3.8) is 0 Å². The second-order valence-corrected chi connectivity index (χ2v) is 18.4. The molecule has 0 bridgehead atoms. The highest BCUT2D eigenvalue weighted by Crippen LogP contribution is 2.36. The van der Waals surface area contributed by atoms with Crippen molar-refractivity contribution in [2.45, 2.75) is 50.6 Å². The number of hydrogen-bond donors (Lipinski definition) is 4. The van der Waals surface area contributed by atoms with Crippen LogP contribution >= 0.6 is 19.5 Å². The average molecular weight is 838 g/mol. The number of hydrogen-bond acceptors (Lipinski definition) is 12. The van der Waals surface area contributed by atoms with E-state index in [1.54, 1.807) is 25.4 Å². The van der Waals surface area contributed by atoms with Gasteiger partial charge in [-0.3, -0.25) is 29.4 Å². The van der Waals surface area contributed by atoms with Gasteiger partial charge in [0.05, 0.1) is 30.1 Å². The molecule has 0 radical (unpaired) electrons. The Morgan fingerprint density at radius 1 is 0.864 bits per heavy atom. The van der Waals surface area contributed by atoms with E-state index in [2.05, 4.69) is 67.6 Å². The van der Waals surface area contributed by atoms with Gasteiger partial charge in [0.1, 0.15) is 16.8 Å². The van der Waals surface area contributed by atoms with Crippen molar-refractivity contribution in [1.29, 1.82) is 0 Å². The molecule has 2 atom stereocenters. The van der Waals surface area contributed by atoms with Crippen molar-refractivity contribution in [3.05, 3.63) is 83.0 Å². The number of methoxy groups -OCH3 is 1. The Bertz CT molecular complexity index is 2270. The quantitative estimate of drug-likeness (QED) is 0.0995. The molecular weight excluding hydrogens is 789 g/mol. The van der Waals surface area contributed by atoms with Gasteiger partial charge in [-0.05, 0) is 99.6 Å². The Labute approximate surface area is 350 Å². The maximum absolute atomic E-state index is 13.4. The van der Waals surface area contributed by atoms with Crippen LogP contribution in [0.3, 0.4) is 0 Å². The molecule has 3 aromatic carbocycles. The summed E-state index contributed by atoms with van der Waals surface area (Å²) in [7, 11) is 1.34. The van der Waals surface area contributed by atoms with Gasteiger partial charge in [-0.1, -0.05) is 37.7 Å². The number of benzene rings is 3. The zero-order valence-corrected chi connectivity index (χ0v) is 35.1. The summed E-state index contributed by atoms with van der Waals surface area (Å²) in [6.45, 7) is 8.88. The summed E-state index contributed by atoms with van der Waals surface area (Å²) >= 11 is 6.52. The maximum atomic E-state index is 13.4. The highest BCUT2D eigenvalue weighted by Gasteiger charge is 2.45. The number of imide groups is 2. The van der Waals surface area contributed by atoms with Gasteiger partial charge >= 0.3 is 0 Å². The van der Waals surface area contributed by atoms with Gasteiger partial charge in [-0.2, -0.15) is 4.98 Å². The van der Waals surface area contributed by atoms with Crippen LogP contribution in [0.15, 0.2) is 66.9 Å². The minimum atomic E-state index is -0.974. The van der Waals surface area contributed by atoms with Crippen molar-refractivity contribution >= 4 is 83.0 Å². The van der Waals surface area contributed by atoms with Crippen molar-refractivity contribution in [3.8, 4) is 5.75 Å². The molecular formula is C43H49ClN9O5P. The fraction of sp³-hybridized carbons (Fsp3) is 0.395. The maximum Gasteiger partial charge on any atom is 0.262 e. The third-order valence-electron chi connectivity index (χ3n) is 11.7. The second-order valence-electron chi connectivity index (χ2n) is 15.7. The third-order valence-corrected chi connectivity index (χ3v) is 13.3. The summed E-state index contributed by atoms with van der Waals surface area (Å²) in [4.78, 5) is 65.6. The van der Waals surface area contributed by atoms with E-state index >= 15 is 0 Å². The minimum Gasteiger partial charge on any atom is -0.494 e. The topological polar surface area (TPSA) is 161 Å². The molecule has 0 spiro atoms. The lowest BCUT2D eigenvalue weighted by Crippen LogP contribution is -2.54. The van der Waals surface area contributed by atoms with E-state index in [4.69, 9.17) is 21.3 Å². The van der Waals surface area contributed by atoms with Gasteiger partial charge in [0.25, 0.3) is 11.8 Å². The number of carbonyl (C=O) groups is 4. The summed E-state index contributed by atoms with van der Waals surface area (Å²) in [6.07, 6.45) is 6.01. The SMILES string of the molecule is COc1cc(N2CCC(CN[C@@H]3CCCN(c4ccc5c(c4)C(=O)N(C4CCC(=O)NC4=O)C5=O)C3)CC2)ccc1Nc1ncc(Cl)c(Nc2ccccc2P(C)C)n1. The molecule has 1 unspecified atom stereocenters. The summed E-state index contributed by atoms with van der Waals surface area (Å²) in [5.41, 5.74) is 4.33.